The van der Waals surface area contributed by atoms with Crippen LogP contribution < -0.4 is 4.74 Å². The van der Waals surface area contributed by atoms with Crippen LogP contribution in [0.15, 0.2) is 24.3 Å². The fraction of sp³-hybridized carbons (Fsp3) is 0. The first kappa shape index (κ1) is 6.84. The van der Waals surface area contributed by atoms with Gasteiger partial charge < -0.3 is 4.74 Å². The average molecular weight is 162 g/mol. The Morgan fingerprint density at radius 1 is 1.42 bits per heavy atom. The van der Waals surface area contributed by atoms with Crippen LogP contribution in [0.25, 0.3) is 10.9 Å². The largest absolute Gasteiger partial charge is 0.407 e. The molecule has 1 N–H and O–H groups in total. The van der Waals surface area contributed by atoms with Crippen LogP contribution in [-0.4, -0.2) is 16.7 Å². The number of nitrogens with zero attached hydrogens (tertiary/aromatic N) is 1. The number of hydrogen-bond donors (Lipinski definition) is 1. The number of aromatic amines is 1. The van der Waals surface area contributed by atoms with Gasteiger partial charge in [0.15, 0.2) is 0 Å². The van der Waals surface area contributed by atoms with Gasteiger partial charge in [0.25, 0.3) is 6.47 Å². The van der Waals surface area contributed by atoms with E-state index in [9.17, 15) is 4.79 Å². The van der Waals surface area contributed by atoms with Gasteiger partial charge >= 0.3 is 0 Å². The van der Waals surface area contributed by atoms with Crippen molar-refractivity contribution in [2.24, 2.45) is 0 Å². The summed E-state index contributed by atoms with van der Waals surface area (Å²) in [5.41, 5.74) is 0.856. The normalized spacial score (nSPS) is 10.0. The maximum absolute atomic E-state index is 10.0. The molecule has 0 unspecified atom stereocenters. The van der Waals surface area contributed by atoms with Gasteiger partial charge in [0.1, 0.15) is 0 Å². The van der Waals surface area contributed by atoms with Gasteiger partial charge in [-0.3, -0.25) is 9.89 Å². The Morgan fingerprint density at radius 3 is 3.08 bits per heavy atom. The molecule has 1 heterocycles. The lowest BCUT2D eigenvalue weighted by Crippen LogP contribution is -1.88. The summed E-state index contributed by atoms with van der Waals surface area (Å²) in [6.45, 7) is 0.364. The number of aromatic nitrogens is 2. The second kappa shape index (κ2) is 2.65. The fourth-order valence-corrected chi connectivity index (χ4v) is 1.07. The molecule has 12 heavy (non-hydrogen) atoms. The number of ether oxygens (including phenoxy) is 1. The van der Waals surface area contributed by atoms with Crippen molar-refractivity contribution in [1.29, 1.82) is 0 Å². The number of hydrogen-bond acceptors (Lipinski definition) is 3. The first-order valence-electron chi connectivity index (χ1n) is 3.45. The Balaban J connectivity index is 2.62. The lowest BCUT2D eigenvalue weighted by Gasteiger charge is -1.89. The van der Waals surface area contributed by atoms with Gasteiger partial charge in [-0.2, -0.15) is 0 Å². The highest BCUT2D eigenvalue weighted by Crippen LogP contribution is 2.20. The number of H-pyrrole nitrogens is 1. The van der Waals surface area contributed by atoms with E-state index in [0.29, 0.717) is 12.4 Å². The molecular formula is C8H6N2O2. The molecule has 4 nitrogen and oxygen atoms in total. The minimum atomic E-state index is 0.320. The molecule has 0 saturated heterocycles. The number of nitrogens with one attached hydrogen (secondary N) is 1. The smallest absolute Gasteiger partial charge is 0.299 e. The Hall–Kier alpha value is -1.84. The van der Waals surface area contributed by atoms with Gasteiger partial charge in [-0.15, -0.1) is 5.10 Å². The molecule has 60 valence electrons. The van der Waals surface area contributed by atoms with Gasteiger partial charge in [-0.1, -0.05) is 12.1 Å². The first-order valence-corrected chi connectivity index (χ1v) is 3.45. The van der Waals surface area contributed by atoms with Crippen LogP contribution in [0.5, 0.6) is 5.88 Å². The number of fused-ring (bicyclic) bond motifs is 1. The van der Waals surface area contributed by atoms with E-state index in [1.54, 1.807) is 0 Å². The van der Waals surface area contributed by atoms with E-state index in [-0.39, 0.29) is 0 Å². The predicted octanol–water partition coefficient (Wildman–Crippen LogP) is 1.10. The third-order valence-electron chi connectivity index (χ3n) is 1.60. The van der Waals surface area contributed by atoms with Crippen molar-refractivity contribution in [3.63, 3.8) is 0 Å². The number of carbonyl (C=O) groups excluding carboxylic acids is 1. The van der Waals surface area contributed by atoms with Crippen LogP contribution in [0.1, 0.15) is 0 Å². The summed E-state index contributed by atoms with van der Waals surface area (Å²) in [6.07, 6.45) is 0. The third-order valence-corrected chi connectivity index (χ3v) is 1.60. The molecule has 1 aromatic heterocycles. The number of para-hydroxylation sites is 1. The van der Waals surface area contributed by atoms with Crippen LogP contribution in [-0.2, 0) is 4.79 Å². The zero-order valence-electron chi connectivity index (χ0n) is 6.15. The molecule has 0 aliphatic heterocycles. The SMILES string of the molecule is O=COc1n[nH]c2ccccc12. The Kier molecular flexibility index (Phi) is 1.51. The summed E-state index contributed by atoms with van der Waals surface area (Å²) in [5.74, 6) is 0.320. The minimum Gasteiger partial charge on any atom is -0.407 e. The van der Waals surface area contributed by atoms with Crippen molar-refractivity contribution in [3.8, 4) is 5.88 Å². The van der Waals surface area contributed by atoms with Gasteiger partial charge in [0.2, 0.25) is 5.88 Å². The van der Waals surface area contributed by atoms with Crippen molar-refractivity contribution in [3.05, 3.63) is 24.3 Å². The molecule has 0 fully saturated rings. The van der Waals surface area contributed by atoms with E-state index >= 15 is 0 Å². The predicted molar refractivity (Wildman–Crippen MR) is 42.8 cm³/mol. The molecule has 0 bridgehead atoms. The molecule has 0 atom stereocenters. The van der Waals surface area contributed by atoms with Crippen LogP contribution >= 0.6 is 0 Å². The lowest BCUT2D eigenvalue weighted by molar-refractivity contribution is -0.120. The van der Waals surface area contributed by atoms with Crippen LogP contribution in [0, 0.1) is 0 Å². The van der Waals surface area contributed by atoms with Gasteiger partial charge in [-0.05, 0) is 12.1 Å². The van der Waals surface area contributed by atoms with Crippen LogP contribution in [0.4, 0.5) is 0 Å². The molecule has 0 amide bonds. The summed E-state index contributed by atoms with van der Waals surface area (Å²) >= 11 is 0. The summed E-state index contributed by atoms with van der Waals surface area (Å²) in [5, 5.41) is 7.36. The lowest BCUT2D eigenvalue weighted by atomic mass is 10.2. The maximum atomic E-state index is 10.0. The van der Waals surface area contributed by atoms with Gasteiger partial charge in [0.05, 0.1) is 10.9 Å². The van der Waals surface area contributed by atoms with Crippen LogP contribution in [0.2, 0.25) is 0 Å². The maximum Gasteiger partial charge on any atom is 0.299 e. The Labute approximate surface area is 68.2 Å². The van der Waals surface area contributed by atoms with Crippen molar-refractivity contribution in [1.82, 2.24) is 10.2 Å². The highest BCUT2D eigenvalue weighted by molar-refractivity contribution is 5.84. The highest BCUT2D eigenvalue weighted by atomic mass is 16.5. The zero-order chi connectivity index (χ0) is 8.39. The van der Waals surface area contributed by atoms with E-state index in [1.165, 1.54) is 0 Å². The Morgan fingerprint density at radius 2 is 2.25 bits per heavy atom. The number of rotatable bonds is 2. The van der Waals surface area contributed by atoms with Gasteiger partial charge in [0, 0.05) is 0 Å². The second-order valence-corrected chi connectivity index (χ2v) is 2.29. The molecule has 0 spiro atoms. The molecular weight excluding hydrogens is 156 g/mol. The molecule has 0 aliphatic carbocycles. The quantitative estimate of drug-likeness (QED) is 0.672. The Bertz CT molecular complexity index is 408. The summed E-state index contributed by atoms with van der Waals surface area (Å²) in [4.78, 5) is 10.0. The summed E-state index contributed by atoms with van der Waals surface area (Å²) < 4.78 is 4.64. The minimum absolute atomic E-state index is 0.320. The molecule has 1 aromatic carbocycles. The highest BCUT2D eigenvalue weighted by Gasteiger charge is 2.03. The molecule has 2 aromatic rings. The molecule has 2 rings (SSSR count). The number of benzene rings is 1. The van der Waals surface area contributed by atoms with Gasteiger partial charge in [-0.25, -0.2) is 0 Å². The van der Waals surface area contributed by atoms with Crippen molar-refractivity contribution < 1.29 is 9.53 Å². The molecule has 4 heteroatoms. The van der Waals surface area contributed by atoms with Crippen molar-refractivity contribution >= 4 is 17.4 Å². The van der Waals surface area contributed by atoms with E-state index in [2.05, 4.69) is 14.9 Å². The van der Waals surface area contributed by atoms with E-state index in [0.717, 1.165) is 10.9 Å². The van der Waals surface area contributed by atoms with Crippen molar-refractivity contribution in [2.75, 3.05) is 0 Å². The third kappa shape index (κ3) is 0.934. The van der Waals surface area contributed by atoms with Crippen molar-refractivity contribution in [2.45, 2.75) is 0 Å². The van der Waals surface area contributed by atoms with Crippen LogP contribution in [0.3, 0.4) is 0 Å². The fourth-order valence-electron chi connectivity index (χ4n) is 1.07. The summed E-state index contributed by atoms with van der Waals surface area (Å²) in [6, 6.07) is 7.43. The molecule has 0 aliphatic rings. The standard InChI is InChI=1S/C8H6N2O2/c11-5-12-8-6-3-1-2-4-7(6)9-10-8/h1-5H,(H,9,10). The summed E-state index contributed by atoms with van der Waals surface area (Å²) in [7, 11) is 0. The van der Waals surface area contributed by atoms with E-state index in [1.807, 2.05) is 24.3 Å². The zero-order valence-corrected chi connectivity index (χ0v) is 6.15. The van der Waals surface area contributed by atoms with E-state index in [4.69, 9.17) is 0 Å². The number of carbonyl (C=O) groups is 1. The topological polar surface area (TPSA) is 55.0 Å². The second-order valence-electron chi connectivity index (χ2n) is 2.29. The molecule has 0 radical (unpaired) electrons. The van der Waals surface area contributed by atoms with E-state index < -0.39 is 0 Å². The average Bonchev–Trinajstić information content (AvgIpc) is 2.50. The molecule has 0 saturated carbocycles. The first-order chi connectivity index (χ1) is 5.92. The monoisotopic (exact) mass is 162 g/mol.